The summed E-state index contributed by atoms with van der Waals surface area (Å²) in [6.07, 6.45) is 8.77. The molecule has 0 aromatic rings. The fourth-order valence-corrected chi connectivity index (χ4v) is 1.41. The molecule has 0 rings (SSSR count). The molecule has 0 saturated carbocycles. The molecule has 0 bridgehead atoms. The van der Waals surface area contributed by atoms with Gasteiger partial charge in [-0.05, 0) is 32.5 Å². The van der Waals surface area contributed by atoms with Gasteiger partial charge in [-0.3, -0.25) is 6.54 Å². The van der Waals surface area contributed by atoms with Gasteiger partial charge in [0.15, 0.2) is 0 Å². The van der Waals surface area contributed by atoms with E-state index in [1.165, 1.54) is 38.5 Å². The molecule has 4 heteroatoms. The summed E-state index contributed by atoms with van der Waals surface area (Å²) in [4.78, 5) is 0. The van der Waals surface area contributed by atoms with Crippen LogP contribution < -0.4 is 35.6 Å². The normalized spacial score (nSPS) is 10.0. The predicted octanol–water partition coefficient (Wildman–Crippen LogP) is -1.61. The van der Waals surface area contributed by atoms with Gasteiger partial charge in [-0.2, -0.15) is 6.42 Å². The van der Waals surface area contributed by atoms with Crippen molar-refractivity contribution in [2.75, 3.05) is 19.6 Å². The molecule has 5 N–H and O–H groups in total. The third kappa shape index (κ3) is 17.1. The van der Waals surface area contributed by atoms with Gasteiger partial charge in [0, 0.05) is 0 Å². The van der Waals surface area contributed by atoms with Crippen LogP contribution in [0.15, 0.2) is 0 Å². The Kier molecular flexibility index (Phi) is 20.1. The molecule has 0 amide bonds. The van der Waals surface area contributed by atoms with Crippen LogP contribution in [0.4, 0.5) is 0 Å². The molecule has 86 valence electrons. The third-order valence-corrected chi connectivity index (χ3v) is 2.30. The van der Waals surface area contributed by atoms with E-state index in [2.05, 4.69) is 5.32 Å². The van der Waals surface area contributed by atoms with Crippen LogP contribution in [0.3, 0.4) is 0 Å². The van der Waals surface area contributed by atoms with Crippen molar-refractivity contribution in [2.45, 2.75) is 44.9 Å². The Morgan fingerprint density at radius 2 is 1.47 bits per heavy atom. The molecular formula is C11H26LiN3. The molecule has 0 aliphatic rings. The minimum atomic E-state index is 0. The molecule has 0 fully saturated rings. The molecule has 0 radical (unpaired) electrons. The van der Waals surface area contributed by atoms with Crippen molar-refractivity contribution in [3.8, 4) is 0 Å². The van der Waals surface area contributed by atoms with Gasteiger partial charge < -0.3 is 16.8 Å². The summed E-state index contributed by atoms with van der Waals surface area (Å²) in [5.41, 5.74) is 10.7. The molecule has 3 nitrogen and oxygen atoms in total. The summed E-state index contributed by atoms with van der Waals surface area (Å²) >= 11 is 0. The second-order valence-electron chi connectivity index (χ2n) is 3.68. The Morgan fingerprint density at radius 3 is 2.07 bits per heavy atom. The standard InChI is InChI=1S/C11H26N3.Li/c12-8-5-3-1-2-4-6-10-14-11-7-9-13;/h9,14H,1-8,10-13H2;/q-1;+1. The molecular weight excluding hydrogens is 181 g/mol. The first-order valence-electron chi connectivity index (χ1n) is 5.86. The van der Waals surface area contributed by atoms with Crippen molar-refractivity contribution in [1.29, 1.82) is 0 Å². The van der Waals surface area contributed by atoms with Crippen LogP contribution in [0.5, 0.6) is 0 Å². The van der Waals surface area contributed by atoms with E-state index in [1.807, 2.05) is 0 Å². The maximum absolute atomic E-state index is 5.41. The van der Waals surface area contributed by atoms with Gasteiger partial charge in [0.25, 0.3) is 0 Å². The summed E-state index contributed by atoms with van der Waals surface area (Å²) in [5, 5.41) is 3.36. The van der Waals surface area contributed by atoms with E-state index in [0.717, 1.165) is 26.1 Å². The summed E-state index contributed by atoms with van der Waals surface area (Å²) in [5.74, 6) is 0. The molecule has 0 spiro atoms. The fourth-order valence-electron chi connectivity index (χ4n) is 1.41. The molecule has 0 aromatic heterocycles. The Hall–Kier alpha value is 0.477. The molecule has 0 atom stereocenters. The Labute approximate surface area is 107 Å². The van der Waals surface area contributed by atoms with Gasteiger partial charge in [-0.15, -0.1) is 0 Å². The van der Waals surface area contributed by atoms with E-state index in [-0.39, 0.29) is 18.9 Å². The Bertz CT molecular complexity index is 89.8. The van der Waals surface area contributed by atoms with Crippen molar-refractivity contribution < 1.29 is 18.9 Å². The zero-order chi connectivity index (χ0) is 10.5. The number of nitrogens with one attached hydrogen (secondary N) is 1. The number of hydrogen-bond donors (Lipinski definition) is 3. The quantitative estimate of drug-likeness (QED) is 0.217. The maximum atomic E-state index is 5.41. The van der Waals surface area contributed by atoms with E-state index in [4.69, 9.17) is 11.5 Å². The van der Waals surface area contributed by atoms with Crippen LogP contribution in [0.2, 0.25) is 0 Å². The number of nitrogens with two attached hydrogens (primary N) is 2. The van der Waals surface area contributed by atoms with E-state index < -0.39 is 0 Å². The first-order valence-corrected chi connectivity index (χ1v) is 5.86. The molecule has 0 aromatic carbocycles. The molecule has 0 unspecified atom stereocenters. The van der Waals surface area contributed by atoms with Crippen molar-refractivity contribution in [1.82, 2.24) is 5.32 Å². The van der Waals surface area contributed by atoms with Gasteiger partial charge >= 0.3 is 18.9 Å². The maximum Gasteiger partial charge on any atom is 1.00 e. The molecule has 0 aliphatic heterocycles. The molecule has 0 saturated heterocycles. The fraction of sp³-hybridized carbons (Fsp3) is 0.909. The zero-order valence-corrected chi connectivity index (χ0v) is 10.3. The second-order valence-corrected chi connectivity index (χ2v) is 3.68. The second kappa shape index (κ2) is 16.9. The Morgan fingerprint density at radius 1 is 0.867 bits per heavy atom. The summed E-state index contributed by atoms with van der Waals surface area (Å²) in [6, 6.07) is 0. The van der Waals surface area contributed by atoms with Crippen molar-refractivity contribution in [3.05, 3.63) is 6.54 Å². The van der Waals surface area contributed by atoms with E-state index in [0.29, 0.717) is 0 Å². The smallest absolute Gasteiger partial charge is 0.483 e. The van der Waals surface area contributed by atoms with Gasteiger partial charge in [0.1, 0.15) is 0 Å². The average molecular weight is 207 g/mol. The summed E-state index contributed by atoms with van der Waals surface area (Å²) in [6.45, 7) is 4.70. The average Bonchev–Trinajstić information content (AvgIpc) is 2.21. The van der Waals surface area contributed by atoms with Crippen LogP contribution in [0, 0.1) is 6.54 Å². The van der Waals surface area contributed by atoms with Crippen molar-refractivity contribution in [2.24, 2.45) is 11.5 Å². The van der Waals surface area contributed by atoms with Crippen LogP contribution in [0.25, 0.3) is 0 Å². The number of rotatable bonds is 11. The van der Waals surface area contributed by atoms with E-state index in [9.17, 15) is 0 Å². The van der Waals surface area contributed by atoms with Gasteiger partial charge in [0.05, 0.1) is 0 Å². The Balaban J connectivity index is 0. The van der Waals surface area contributed by atoms with Crippen LogP contribution in [-0.4, -0.2) is 19.6 Å². The topological polar surface area (TPSA) is 64.1 Å². The SMILES string of the molecule is N[CH-]CCNCCCCCCCCN.[Li+]. The predicted molar refractivity (Wildman–Crippen MR) is 62.7 cm³/mol. The van der Waals surface area contributed by atoms with E-state index in [1.54, 1.807) is 6.54 Å². The van der Waals surface area contributed by atoms with Crippen LogP contribution >= 0.6 is 0 Å². The first kappa shape index (κ1) is 17.9. The first-order chi connectivity index (χ1) is 6.91. The van der Waals surface area contributed by atoms with Gasteiger partial charge in [0.2, 0.25) is 0 Å². The van der Waals surface area contributed by atoms with Crippen molar-refractivity contribution >= 4 is 0 Å². The molecule has 15 heavy (non-hydrogen) atoms. The largest absolute Gasteiger partial charge is 1.00 e. The van der Waals surface area contributed by atoms with Crippen LogP contribution in [0.1, 0.15) is 44.9 Å². The van der Waals surface area contributed by atoms with Crippen molar-refractivity contribution in [3.63, 3.8) is 0 Å². The molecule has 0 aliphatic carbocycles. The third-order valence-electron chi connectivity index (χ3n) is 2.30. The number of unbranched alkanes of at least 4 members (excludes halogenated alkanes) is 5. The minimum absolute atomic E-state index is 0. The van der Waals surface area contributed by atoms with E-state index >= 15 is 0 Å². The van der Waals surface area contributed by atoms with Gasteiger partial charge in [-0.25, -0.2) is 0 Å². The number of hydrogen-bond acceptors (Lipinski definition) is 3. The summed E-state index contributed by atoms with van der Waals surface area (Å²) < 4.78 is 0. The monoisotopic (exact) mass is 207 g/mol. The van der Waals surface area contributed by atoms with Crippen LogP contribution in [-0.2, 0) is 0 Å². The van der Waals surface area contributed by atoms with Gasteiger partial charge in [-0.1, -0.05) is 25.7 Å². The zero-order valence-electron chi connectivity index (χ0n) is 10.3. The minimum Gasteiger partial charge on any atom is -0.483 e. The summed E-state index contributed by atoms with van der Waals surface area (Å²) in [7, 11) is 0. The molecule has 0 heterocycles.